The van der Waals surface area contributed by atoms with Crippen molar-refractivity contribution < 1.29 is 28.7 Å². The van der Waals surface area contributed by atoms with Crippen molar-refractivity contribution in [2.75, 3.05) is 17.4 Å². The number of amides is 3. The molecule has 4 aromatic carbocycles. The Morgan fingerprint density at radius 1 is 1.00 bits per heavy atom. The number of carboxylic acids is 1. The van der Waals surface area contributed by atoms with Gasteiger partial charge in [0, 0.05) is 35.5 Å². The van der Waals surface area contributed by atoms with Gasteiger partial charge < -0.3 is 20.6 Å². The molecule has 14 heteroatoms. The number of carbonyl (C=O) groups excluding carboxylic acids is 3. The van der Waals surface area contributed by atoms with Gasteiger partial charge in [0.05, 0.1) is 16.3 Å². The molecule has 0 spiro atoms. The number of benzene rings is 4. The maximum atomic E-state index is 15.4. The van der Waals surface area contributed by atoms with E-state index in [2.05, 4.69) is 26.8 Å². The first kappa shape index (κ1) is 34.8. The van der Waals surface area contributed by atoms with Gasteiger partial charge in [0.2, 0.25) is 5.91 Å². The Labute approximate surface area is 297 Å². The fourth-order valence-corrected chi connectivity index (χ4v) is 6.52. The molecule has 51 heavy (non-hydrogen) atoms. The van der Waals surface area contributed by atoms with Gasteiger partial charge in [-0.1, -0.05) is 41.9 Å². The van der Waals surface area contributed by atoms with E-state index in [0.717, 1.165) is 16.7 Å². The lowest BCUT2D eigenvalue weighted by molar-refractivity contribution is -0.142. The second kappa shape index (κ2) is 14.1. The topological polar surface area (TPSA) is 155 Å². The van der Waals surface area contributed by atoms with Crippen molar-refractivity contribution in [1.82, 2.24) is 21.3 Å². The van der Waals surface area contributed by atoms with Gasteiger partial charge in [-0.15, -0.1) is 5.53 Å². The van der Waals surface area contributed by atoms with Gasteiger partial charge in [-0.05, 0) is 97.1 Å². The highest BCUT2D eigenvalue weighted by Crippen LogP contribution is 2.44. The summed E-state index contributed by atoms with van der Waals surface area (Å²) in [5.41, 5.74) is 8.57. The third kappa shape index (κ3) is 6.89. The number of hydrogen-bond acceptors (Lipinski definition) is 8. The Bertz CT molecular complexity index is 2100. The highest BCUT2D eigenvalue weighted by molar-refractivity contribution is 6.31. The molecule has 5 N–H and O–H groups in total. The lowest BCUT2D eigenvalue weighted by atomic mass is 9.77. The predicted molar refractivity (Wildman–Crippen MR) is 192 cm³/mol. The Morgan fingerprint density at radius 3 is 2.35 bits per heavy atom. The first-order valence-electron chi connectivity index (χ1n) is 15.8. The highest BCUT2D eigenvalue weighted by atomic mass is 35.5. The monoisotopic (exact) mass is 709 g/mol. The van der Waals surface area contributed by atoms with Crippen LogP contribution in [0.25, 0.3) is 17.2 Å². The zero-order chi connectivity index (χ0) is 36.4. The number of nitrogens with one attached hydrogen (secondary N) is 4. The molecular formula is C37H33ClFN7O5. The quantitative estimate of drug-likeness (QED) is 0.150. The second-order valence-corrected chi connectivity index (χ2v) is 12.9. The summed E-state index contributed by atoms with van der Waals surface area (Å²) in [4.78, 5) is 53.8. The molecule has 0 fully saturated rings. The summed E-state index contributed by atoms with van der Waals surface area (Å²) < 4.78 is 15.4. The van der Waals surface area contributed by atoms with Crippen molar-refractivity contribution in [2.45, 2.75) is 31.8 Å². The number of nitrogens with zero attached hydrogens (tertiary/aromatic N) is 3. The smallest absolute Gasteiger partial charge is 0.335 e. The van der Waals surface area contributed by atoms with Crippen LogP contribution in [0.1, 0.15) is 57.3 Å². The molecule has 4 aromatic rings. The molecule has 1 unspecified atom stereocenters. The minimum atomic E-state index is -1.16. The molecule has 2 aliphatic heterocycles. The largest absolute Gasteiger partial charge is 0.478 e. The molecule has 0 radical (unpaired) electrons. The Balaban J connectivity index is 1.43. The third-order valence-corrected chi connectivity index (χ3v) is 9.06. The number of carboxylic acid groups (broad SMARTS) is 1. The summed E-state index contributed by atoms with van der Waals surface area (Å²) in [5, 5.41) is 19.9. The van der Waals surface area contributed by atoms with E-state index in [1.165, 1.54) is 58.7 Å². The maximum absolute atomic E-state index is 15.4. The van der Waals surface area contributed by atoms with Crippen LogP contribution in [0.3, 0.4) is 0 Å². The molecule has 2 heterocycles. The van der Waals surface area contributed by atoms with Gasteiger partial charge in [0.25, 0.3) is 11.8 Å². The number of fused-ring (bicyclic) bond motifs is 1. The first-order chi connectivity index (χ1) is 24.4. The van der Waals surface area contributed by atoms with E-state index in [-0.39, 0.29) is 22.1 Å². The van der Waals surface area contributed by atoms with Gasteiger partial charge in [0.15, 0.2) is 5.82 Å². The number of carbonyl (C=O) groups is 4. The Morgan fingerprint density at radius 2 is 1.71 bits per heavy atom. The summed E-state index contributed by atoms with van der Waals surface area (Å²) in [6.45, 7) is 3.69. The van der Waals surface area contributed by atoms with Gasteiger partial charge in [-0.2, -0.15) is 5.10 Å². The zero-order valence-electron chi connectivity index (χ0n) is 27.7. The van der Waals surface area contributed by atoms with Gasteiger partial charge in [-0.25, -0.2) is 19.7 Å². The van der Waals surface area contributed by atoms with Gasteiger partial charge in [0.1, 0.15) is 12.4 Å². The van der Waals surface area contributed by atoms with Crippen LogP contribution in [0.5, 0.6) is 0 Å². The molecule has 1 atom stereocenters. The van der Waals surface area contributed by atoms with Crippen molar-refractivity contribution in [2.24, 2.45) is 5.10 Å². The van der Waals surface area contributed by atoms with Crippen molar-refractivity contribution in [1.29, 1.82) is 0 Å². The molecule has 6 rings (SSSR count). The van der Waals surface area contributed by atoms with Crippen LogP contribution >= 0.6 is 11.6 Å². The number of hydrogen-bond donors (Lipinski definition) is 5. The van der Waals surface area contributed by atoms with Crippen LogP contribution in [-0.4, -0.2) is 52.6 Å². The molecule has 260 valence electrons. The Kier molecular flexibility index (Phi) is 9.59. The van der Waals surface area contributed by atoms with E-state index >= 15 is 4.39 Å². The van der Waals surface area contributed by atoms with Crippen LogP contribution in [0, 0.1) is 5.82 Å². The van der Waals surface area contributed by atoms with Crippen molar-refractivity contribution in [3.05, 3.63) is 124 Å². The van der Waals surface area contributed by atoms with Crippen LogP contribution in [0.2, 0.25) is 5.02 Å². The fourth-order valence-electron chi connectivity index (χ4n) is 6.35. The average Bonchev–Trinajstić information content (AvgIpc) is 3.66. The number of anilines is 2. The number of hydrazine groups is 2. The zero-order valence-corrected chi connectivity index (χ0v) is 28.5. The molecule has 2 aliphatic rings. The van der Waals surface area contributed by atoms with E-state index in [0.29, 0.717) is 28.9 Å². The van der Waals surface area contributed by atoms with Gasteiger partial charge >= 0.3 is 5.97 Å². The molecule has 0 saturated carbocycles. The number of rotatable bonds is 8. The molecule has 3 amide bonds. The first-order valence-corrected chi connectivity index (χ1v) is 16.2. The lowest BCUT2D eigenvalue weighted by Gasteiger charge is -2.48. The van der Waals surface area contributed by atoms with Gasteiger partial charge in [-0.3, -0.25) is 14.4 Å². The number of aromatic carboxylic acids is 1. The van der Waals surface area contributed by atoms with Crippen LogP contribution in [0.15, 0.2) is 90.0 Å². The lowest BCUT2D eigenvalue weighted by Crippen LogP contribution is -2.56. The van der Waals surface area contributed by atoms with E-state index < -0.39 is 35.2 Å². The SMILES string of the molecule is CNC(=O)c1ccc(-c2cccc3c2CC(C)(C)N(C(=O)/C=C/c2c(N4C=NNN4)ccc(Cl)c2F)C3C(=O)Nc2ccc(C(=O)O)cc2)cc1. The van der Waals surface area contributed by atoms with E-state index in [9.17, 15) is 24.3 Å². The Hall–Kier alpha value is -6.05. The van der Waals surface area contributed by atoms with Crippen molar-refractivity contribution in [3.8, 4) is 11.1 Å². The molecule has 0 saturated heterocycles. The molecule has 0 aromatic heterocycles. The summed E-state index contributed by atoms with van der Waals surface area (Å²) in [6, 6.07) is 20.1. The van der Waals surface area contributed by atoms with E-state index in [1.54, 1.807) is 37.4 Å². The molecule has 0 aliphatic carbocycles. The molecule has 0 bridgehead atoms. The van der Waals surface area contributed by atoms with Crippen LogP contribution < -0.4 is 26.7 Å². The summed E-state index contributed by atoms with van der Waals surface area (Å²) >= 11 is 6.13. The normalized spacial score (nSPS) is 16.1. The third-order valence-electron chi connectivity index (χ3n) is 8.77. The van der Waals surface area contributed by atoms with E-state index in [1.807, 2.05) is 32.0 Å². The number of halogens is 2. The van der Waals surface area contributed by atoms with Crippen LogP contribution in [-0.2, 0) is 16.0 Å². The van der Waals surface area contributed by atoms with Crippen molar-refractivity contribution >= 4 is 59.1 Å². The van der Waals surface area contributed by atoms with E-state index in [4.69, 9.17) is 11.6 Å². The molecular weight excluding hydrogens is 677 g/mol. The van der Waals surface area contributed by atoms with Crippen molar-refractivity contribution in [3.63, 3.8) is 0 Å². The minimum Gasteiger partial charge on any atom is -0.478 e. The standard InChI is InChI=1S/C37H33ClFN7O5/c1-37(2)19-28-25(21-7-9-22(10-8-21)34(48)40-3)5-4-6-26(28)33(35(49)42-24-13-11-23(12-14-24)36(50)51)46(37)31(47)18-15-27-30(45-20-41-43-44-45)17-16-29(38)32(27)39/h4-18,20,33,43-44H,19H2,1-3H3,(H,40,48)(H,42,49)(H,50,51)/b18-15+. The summed E-state index contributed by atoms with van der Waals surface area (Å²) in [6.07, 6.45) is 4.25. The summed E-state index contributed by atoms with van der Waals surface area (Å²) in [5.74, 6) is -3.20. The fraction of sp³-hybridized carbons (Fsp3) is 0.162. The number of hydrazone groups is 1. The van der Waals surface area contributed by atoms with Crippen LogP contribution in [0.4, 0.5) is 15.8 Å². The highest BCUT2D eigenvalue weighted by Gasteiger charge is 2.46. The molecule has 12 nitrogen and oxygen atoms in total. The summed E-state index contributed by atoms with van der Waals surface area (Å²) in [7, 11) is 1.56. The average molecular weight is 710 g/mol. The minimum absolute atomic E-state index is 0.00993. The second-order valence-electron chi connectivity index (χ2n) is 12.5. The maximum Gasteiger partial charge on any atom is 0.335 e. The predicted octanol–water partition coefficient (Wildman–Crippen LogP) is 5.53.